The number of amides is 2. The molecule has 0 bridgehead atoms. The number of hydrogen-bond donors (Lipinski definition) is 3. The van der Waals surface area contributed by atoms with Crippen LogP contribution >= 0.6 is 0 Å². The Bertz CT molecular complexity index is 620. The molecule has 0 aliphatic rings. The SMILES string of the molecule is CC[C@H](C)[C@H](NC(=O)[C@@H](NC(=O)OCc1ccccc1)[C@@H](C)CC)C(=O)O. The lowest BCUT2D eigenvalue weighted by Crippen LogP contribution is -2.55. The van der Waals surface area contributed by atoms with Crippen molar-refractivity contribution in [1.82, 2.24) is 10.6 Å². The third-order valence-corrected chi connectivity index (χ3v) is 4.76. The topological polar surface area (TPSA) is 105 Å². The molecule has 0 saturated carbocycles. The molecule has 150 valence electrons. The van der Waals surface area contributed by atoms with E-state index in [9.17, 15) is 19.5 Å². The highest BCUT2D eigenvalue weighted by atomic mass is 16.5. The van der Waals surface area contributed by atoms with Crippen molar-refractivity contribution in [3.05, 3.63) is 35.9 Å². The van der Waals surface area contributed by atoms with Crippen LogP contribution in [0.1, 0.15) is 46.1 Å². The number of carbonyl (C=O) groups excluding carboxylic acids is 2. The van der Waals surface area contributed by atoms with Crippen LogP contribution in [0.5, 0.6) is 0 Å². The van der Waals surface area contributed by atoms with Gasteiger partial charge in [-0.1, -0.05) is 70.9 Å². The van der Waals surface area contributed by atoms with E-state index in [1.165, 1.54) is 0 Å². The second-order valence-electron chi connectivity index (χ2n) is 6.78. The molecule has 0 aliphatic heterocycles. The maximum Gasteiger partial charge on any atom is 0.408 e. The third kappa shape index (κ3) is 7.29. The van der Waals surface area contributed by atoms with E-state index in [4.69, 9.17) is 4.74 Å². The maximum absolute atomic E-state index is 12.6. The Labute approximate surface area is 160 Å². The molecule has 27 heavy (non-hydrogen) atoms. The number of hydrogen-bond acceptors (Lipinski definition) is 4. The van der Waals surface area contributed by atoms with Crippen LogP contribution in [0.2, 0.25) is 0 Å². The number of carboxylic acid groups (broad SMARTS) is 1. The van der Waals surface area contributed by atoms with Gasteiger partial charge in [0.25, 0.3) is 0 Å². The first-order valence-electron chi connectivity index (χ1n) is 9.30. The van der Waals surface area contributed by atoms with E-state index in [-0.39, 0.29) is 18.4 Å². The summed E-state index contributed by atoms with van der Waals surface area (Å²) in [4.78, 5) is 36.2. The number of alkyl carbamates (subject to hydrolysis) is 1. The van der Waals surface area contributed by atoms with Gasteiger partial charge in [0.2, 0.25) is 5.91 Å². The van der Waals surface area contributed by atoms with Crippen LogP contribution in [0.15, 0.2) is 30.3 Å². The molecule has 0 spiro atoms. The summed E-state index contributed by atoms with van der Waals surface area (Å²) in [5, 5.41) is 14.5. The lowest BCUT2D eigenvalue weighted by molar-refractivity contribution is -0.143. The average molecular weight is 378 g/mol. The summed E-state index contributed by atoms with van der Waals surface area (Å²) in [7, 11) is 0. The smallest absolute Gasteiger partial charge is 0.408 e. The van der Waals surface area contributed by atoms with Crippen LogP contribution in [0.3, 0.4) is 0 Å². The average Bonchev–Trinajstić information content (AvgIpc) is 2.67. The van der Waals surface area contributed by atoms with Gasteiger partial charge >= 0.3 is 12.1 Å². The van der Waals surface area contributed by atoms with Crippen LogP contribution in [0.25, 0.3) is 0 Å². The molecule has 0 fully saturated rings. The van der Waals surface area contributed by atoms with Crippen LogP contribution < -0.4 is 10.6 Å². The fourth-order valence-corrected chi connectivity index (χ4v) is 2.52. The fraction of sp³-hybridized carbons (Fsp3) is 0.550. The summed E-state index contributed by atoms with van der Waals surface area (Å²) >= 11 is 0. The minimum Gasteiger partial charge on any atom is -0.480 e. The van der Waals surface area contributed by atoms with Gasteiger partial charge < -0.3 is 20.5 Å². The highest BCUT2D eigenvalue weighted by molar-refractivity contribution is 5.89. The molecule has 0 radical (unpaired) electrons. The van der Waals surface area contributed by atoms with Gasteiger partial charge in [-0.05, 0) is 17.4 Å². The number of carbonyl (C=O) groups is 3. The van der Waals surface area contributed by atoms with Gasteiger partial charge in [0.05, 0.1) is 0 Å². The number of ether oxygens (including phenoxy) is 1. The van der Waals surface area contributed by atoms with Crippen molar-refractivity contribution < 1.29 is 24.2 Å². The Morgan fingerprint density at radius 3 is 2.04 bits per heavy atom. The van der Waals surface area contributed by atoms with Gasteiger partial charge in [-0.25, -0.2) is 9.59 Å². The zero-order chi connectivity index (χ0) is 20.4. The van der Waals surface area contributed by atoms with Crippen LogP contribution in [0.4, 0.5) is 4.79 Å². The molecular formula is C20H30N2O5. The Kier molecular flexibility index (Phi) is 9.33. The summed E-state index contributed by atoms with van der Waals surface area (Å²) in [6.07, 6.45) is 0.533. The summed E-state index contributed by atoms with van der Waals surface area (Å²) in [6.45, 7) is 7.43. The number of rotatable bonds is 10. The molecule has 0 aliphatic carbocycles. The number of carboxylic acids is 1. The Balaban J connectivity index is 2.74. The summed E-state index contributed by atoms with van der Waals surface area (Å²) in [5.41, 5.74) is 0.833. The van der Waals surface area contributed by atoms with E-state index in [0.29, 0.717) is 12.8 Å². The van der Waals surface area contributed by atoms with Gasteiger partial charge in [-0.2, -0.15) is 0 Å². The third-order valence-electron chi connectivity index (χ3n) is 4.76. The minimum absolute atomic E-state index is 0.0894. The summed E-state index contributed by atoms with van der Waals surface area (Å²) in [5.74, 6) is -2.02. The molecule has 0 saturated heterocycles. The van der Waals surface area contributed by atoms with Gasteiger partial charge in [0.1, 0.15) is 18.7 Å². The lowest BCUT2D eigenvalue weighted by Gasteiger charge is -2.27. The predicted molar refractivity (Wildman–Crippen MR) is 102 cm³/mol. The van der Waals surface area contributed by atoms with Crippen molar-refractivity contribution >= 4 is 18.0 Å². The first-order valence-corrected chi connectivity index (χ1v) is 9.30. The first kappa shape index (κ1) is 22.5. The van der Waals surface area contributed by atoms with Crippen LogP contribution in [0, 0.1) is 11.8 Å². The molecule has 0 heterocycles. The molecule has 1 aromatic rings. The standard InChI is InChI=1S/C20H30N2O5/c1-5-13(3)16(18(23)21-17(19(24)25)14(4)6-2)22-20(26)27-12-15-10-8-7-9-11-15/h7-11,13-14,16-17H,5-6,12H2,1-4H3,(H,21,23)(H,22,26)(H,24,25)/t13-,14-,16-,17-/m0/s1. The fourth-order valence-electron chi connectivity index (χ4n) is 2.52. The lowest BCUT2D eigenvalue weighted by atomic mass is 9.95. The molecule has 1 rings (SSSR count). The number of nitrogens with one attached hydrogen (secondary N) is 2. The van der Waals surface area contributed by atoms with Crippen molar-refractivity contribution in [3.8, 4) is 0 Å². The first-order chi connectivity index (χ1) is 12.8. The molecule has 4 atom stereocenters. The normalized spacial score (nSPS) is 15.1. The Morgan fingerprint density at radius 1 is 0.963 bits per heavy atom. The van der Waals surface area contributed by atoms with E-state index < -0.39 is 30.1 Å². The van der Waals surface area contributed by atoms with E-state index in [0.717, 1.165) is 5.56 Å². The van der Waals surface area contributed by atoms with Gasteiger partial charge in [0, 0.05) is 0 Å². The van der Waals surface area contributed by atoms with Crippen molar-refractivity contribution in [2.75, 3.05) is 0 Å². The van der Waals surface area contributed by atoms with Crippen molar-refractivity contribution in [2.24, 2.45) is 11.8 Å². The van der Waals surface area contributed by atoms with E-state index in [1.807, 2.05) is 51.1 Å². The highest BCUT2D eigenvalue weighted by Crippen LogP contribution is 2.12. The summed E-state index contributed by atoms with van der Waals surface area (Å²) < 4.78 is 5.18. The Morgan fingerprint density at radius 2 is 1.52 bits per heavy atom. The van der Waals surface area contributed by atoms with E-state index in [1.54, 1.807) is 6.92 Å². The molecule has 3 N–H and O–H groups in total. The summed E-state index contributed by atoms with van der Waals surface area (Å²) in [6, 6.07) is 7.33. The second kappa shape index (κ2) is 11.2. The molecule has 7 nitrogen and oxygen atoms in total. The predicted octanol–water partition coefficient (Wildman–Crippen LogP) is 2.94. The van der Waals surface area contributed by atoms with Gasteiger partial charge in [0.15, 0.2) is 0 Å². The van der Waals surface area contributed by atoms with Crippen LogP contribution in [-0.4, -0.2) is 35.2 Å². The molecule has 1 aromatic carbocycles. The number of aliphatic carboxylic acids is 1. The van der Waals surface area contributed by atoms with Crippen molar-refractivity contribution in [1.29, 1.82) is 0 Å². The largest absolute Gasteiger partial charge is 0.480 e. The Hall–Kier alpha value is -2.57. The zero-order valence-corrected chi connectivity index (χ0v) is 16.4. The molecular weight excluding hydrogens is 348 g/mol. The highest BCUT2D eigenvalue weighted by Gasteiger charge is 2.32. The van der Waals surface area contributed by atoms with Crippen molar-refractivity contribution in [2.45, 2.75) is 59.2 Å². The van der Waals surface area contributed by atoms with Crippen molar-refractivity contribution in [3.63, 3.8) is 0 Å². The minimum atomic E-state index is -1.09. The van der Waals surface area contributed by atoms with Gasteiger partial charge in [-0.15, -0.1) is 0 Å². The zero-order valence-electron chi connectivity index (χ0n) is 16.4. The molecule has 2 amide bonds. The maximum atomic E-state index is 12.6. The van der Waals surface area contributed by atoms with E-state index in [2.05, 4.69) is 10.6 Å². The van der Waals surface area contributed by atoms with Gasteiger partial charge in [-0.3, -0.25) is 4.79 Å². The molecule has 0 aromatic heterocycles. The number of benzene rings is 1. The quantitative estimate of drug-likeness (QED) is 0.581. The monoisotopic (exact) mass is 378 g/mol. The van der Waals surface area contributed by atoms with E-state index >= 15 is 0 Å². The second-order valence-corrected chi connectivity index (χ2v) is 6.78. The molecule has 7 heteroatoms. The molecule has 0 unspecified atom stereocenters. The van der Waals surface area contributed by atoms with Crippen LogP contribution in [-0.2, 0) is 20.9 Å².